The fourth-order valence-corrected chi connectivity index (χ4v) is 3.17. The average Bonchev–Trinajstić information content (AvgIpc) is 2.67. The van der Waals surface area contributed by atoms with Crippen LogP contribution in [0.2, 0.25) is 0 Å². The van der Waals surface area contributed by atoms with Gasteiger partial charge >= 0.3 is 0 Å². The summed E-state index contributed by atoms with van der Waals surface area (Å²) in [5.74, 6) is 1.49. The number of pyridine rings is 1. The van der Waals surface area contributed by atoms with Crippen LogP contribution >= 0.6 is 0 Å². The second-order valence-electron chi connectivity index (χ2n) is 6.62. The molecule has 6 heteroatoms. The van der Waals surface area contributed by atoms with Crippen molar-refractivity contribution >= 4 is 5.65 Å². The minimum atomic E-state index is -0.0627. The molecule has 0 unspecified atom stereocenters. The lowest BCUT2D eigenvalue weighted by Crippen LogP contribution is -2.23. The van der Waals surface area contributed by atoms with E-state index in [0.29, 0.717) is 25.4 Å². The largest absolute Gasteiger partial charge is 0.490 e. The third-order valence-electron chi connectivity index (χ3n) is 4.59. The smallest absolute Gasteiger partial charge is 0.258 e. The fraction of sp³-hybridized carbons (Fsp3) is 0.364. The first-order valence-corrected chi connectivity index (χ1v) is 9.64. The molecule has 0 aliphatic rings. The van der Waals surface area contributed by atoms with Crippen LogP contribution in [0.25, 0.3) is 5.65 Å². The first-order chi connectivity index (χ1) is 13.5. The first kappa shape index (κ1) is 19.9. The van der Waals surface area contributed by atoms with Gasteiger partial charge in [-0.1, -0.05) is 12.1 Å². The van der Waals surface area contributed by atoms with Gasteiger partial charge in [0.25, 0.3) is 5.56 Å². The maximum absolute atomic E-state index is 12.4. The summed E-state index contributed by atoms with van der Waals surface area (Å²) in [7, 11) is 0. The highest BCUT2D eigenvalue weighted by Gasteiger charge is 2.12. The molecule has 1 N–H and O–H groups in total. The van der Waals surface area contributed by atoms with E-state index in [1.165, 1.54) is 0 Å². The standard InChI is InChI=1S/C22H27N3O3/c1-5-27-19-11-10-17(12-20(19)28-6-2)16(4)23-14-18-13-22(26)25-15(3)8-7-9-21(25)24-18/h7-13,16,23H,5-6,14H2,1-4H3/t16-/m0/s1. The van der Waals surface area contributed by atoms with Gasteiger partial charge in [0.2, 0.25) is 0 Å². The Kier molecular flexibility index (Phi) is 6.31. The molecule has 6 nitrogen and oxygen atoms in total. The monoisotopic (exact) mass is 381 g/mol. The van der Waals surface area contributed by atoms with Crippen molar-refractivity contribution in [3.8, 4) is 11.5 Å². The average molecular weight is 381 g/mol. The van der Waals surface area contributed by atoms with Crippen molar-refractivity contribution in [3.05, 3.63) is 69.8 Å². The Bertz CT molecular complexity index is 1010. The summed E-state index contributed by atoms with van der Waals surface area (Å²) in [5.41, 5.74) is 3.28. The van der Waals surface area contributed by atoms with Crippen molar-refractivity contribution in [1.82, 2.24) is 14.7 Å². The Morgan fingerprint density at radius 2 is 1.82 bits per heavy atom. The van der Waals surface area contributed by atoms with Gasteiger partial charge in [0.05, 0.1) is 18.9 Å². The van der Waals surface area contributed by atoms with E-state index < -0.39 is 0 Å². The van der Waals surface area contributed by atoms with Crippen molar-refractivity contribution in [1.29, 1.82) is 0 Å². The van der Waals surface area contributed by atoms with E-state index >= 15 is 0 Å². The predicted molar refractivity (Wildman–Crippen MR) is 110 cm³/mol. The van der Waals surface area contributed by atoms with E-state index in [0.717, 1.165) is 28.5 Å². The minimum Gasteiger partial charge on any atom is -0.490 e. The van der Waals surface area contributed by atoms with Gasteiger partial charge < -0.3 is 14.8 Å². The summed E-state index contributed by atoms with van der Waals surface area (Å²) in [6.45, 7) is 9.55. The summed E-state index contributed by atoms with van der Waals surface area (Å²) in [4.78, 5) is 17.0. The van der Waals surface area contributed by atoms with E-state index in [1.807, 2.05) is 57.2 Å². The molecule has 148 valence electrons. The Morgan fingerprint density at radius 3 is 2.57 bits per heavy atom. The van der Waals surface area contributed by atoms with Crippen LogP contribution in [0.1, 0.15) is 43.8 Å². The Hall–Kier alpha value is -2.86. The normalized spacial score (nSPS) is 12.1. The number of fused-ring (bicyclic) bond motifs is 1. The zero-order valence-electron chi connectivity index (χ0n) is 16.9. The Morgan fingerprint density at radius 1 is 1.07 bits per heavy atom. The van der Waals surface area contributed by atoms with Gasteiger partial charge in [-0.2, -0.15) is 0 Å². The predicted octanol–water partition coefficient (Wildman–Crippen LogP) is 3.65. The molecule has 0 saturated carbocycles. The SMILES string of the molecule is CCOc1ccc([C@H](C)NCc2cc(=O)n3c(C)cccc3n2)cc1OCC. The maximum atomic E-state index is 12.4. The lowest BCUT2D eigenvalue weighted by atomic mass is 10.1. The van der Waals surface area contributed by atoms with Crippen LogP contribution in [-0.2, 0) is 6.54 Å². The topological polar surface area (TPSA) is 64.9 Å². The number of ether oxygens (including phenoxy) is 2. The van der Waals surface area contributed by atoms with Crippen LogP contribution in [0.5, 0.6) is 11.5 Å². The molecule has 0 bridgehead atoms. The van der Waals surface area contributed by atoms with Gasteiger partial charge in [-0.15, -0.1) is 0 Å². The van der Waals surface area contributed by atoms with Gasteiger partial charge in [-0.05, 0) is 57.5 Å². The van der Waals surface area contributed by atoms with Crippen molar-refractivity contribution in [2.24, 2.45) is 0 Å². The van der Waals surface area contributed by atoms with Crippen LogP contribution in [0.4, 0.5) is 0 Å². The van der Waals surface area contributed by atoms with E-state index in [4.69, 9.17) is 9.47 Å². The number of benzene rings is 1. The van der Waals surface area contributed by atoms with Gasteiger partial charge in [0.15, 0.2) is 11.5 Å². The number of nitrogens with one attached hydrogen (secondary N) is 1. The quantitative estimate of drug-likeness (QED) is 0.645. The van der Waals surface area contributed by atoms with Crippen LogP contribution in [0.3, 0.4) is 0 Å². The molecule has 3 rings (SSSR count). The summed E-state index contributed by atoms with van der Waals surface area (Å²) < 4.78 is 13.0. The molecule has 0 radical (unpaired) electrons. The zero-order valence-corrected chi connectivity index (χ0v) is 16.9. The molecule has 3 aromatic rings. The van der Waals surface area contributed by atoms with E-state index in [2.05, 4.69) is 17.2 Å². The number of hydrogen-bond acceptors (Lipinski definition) is 5. The second-order valence-corrected chi connectivity index (χ2v) is 6.62. The van der Waals surface area contributed by atoms with Crippen molar-refractivity contribution in [3.63, 3.8) is 0 Å². The Labute approximate surface area is 165 Å². The molecule has 2 aromatic heterocycles. The van der Waals surface area contributed by atoms with Crippen LogP contribution in [0, 0.1) is 6.92 Å². The molecule has 28 heavy (non-hydrogen) atoms. The molecule has 0 fully saturated rings. The summed E-state index contributed by atoms with van der Waals surface area (Å²) in [6, 6.07) is 13.3. The minimum absolute atomic E-state index is 0.0626. The molecule has 1 aromatic carbocycles. The molecule has 0 amide bonds. The molecule has 2 heterocycles. The van der Waals surface area contributed by atoms with Gasteiger partial charge in [-0.3, -0.25) is 9.20 Å². The molecular weight excluding hydrogens is 354 g/mol. The van der Waals surface area contributed by atoms with Crippen molar-refractivity contribution in [2.45, 2.75) is 40.3 Å². The fourth-order valence-electron chi connectivity index (χ4n) is 3.17. The highest BCUT2D eigenvalue weighted by Crippen LogP contribution is 2.30. The summed E-state index contributed by atoms with van der Waals surface area (Å²) >= 11 is 0. The number of aromatic nitrogens is 2. The van der Waals surface area contributed by atoms with E-state index in [-0.39, 0.29) is 11.6 Å². The lowest BCUT2D eigenvalue weighted by molar-refractivity contribution is 0.287. The van der Waals surface area contributed by atoms with Crippen molar-refractivity contribution in [2.75, 3.05) is 13.2 Å². The van der Waals surface area contributed by atoms with Crippen LogP contribution < -0.4 is 20.3 Å². The summed E-state index contributed by atoms with van der Waals surface area (Å²) in [6.07, 6.45) is 0. The zero-order chi connectivity index (χ0) is 20.1. The third kappa shape index (κ3) is 4.34. The highest BCUT2D eigenvalue weighted by atomic mass is 16.5. The molecular formula is C22H27N3O3. The number of rotatable bonds is 8. The maximum Gasteiger partial charge on any atom is 0.258 e. The van der Waals surface area contributed by atoms with Gasteiger partial charge in [0, 0.05) is 24.3 Å². The lowest BCUT2D eigenvalue weighted by Gasteiger charge is -2.17. The van der Waals surface area contributed by atoms with Gasteiger partial charge in [-0.25, -0.2) is 4.98 Å². The van der Waals surface area contributed by atoms with Crippen molar-refractivity contribution < 1.29 is 9.47 Å². The first-order valence-electron chi connectivity index (χ1n) is 9.64. The molecule has 0 spiro atoms. The van der Waals surface area contributed by atoms with Gasteiger partial charge in [0.1, 0.15) is 5.65 Å². The molecule has 0 aliphatic heterocycles. The number of aryl methyl sites for hydroxylation is 1. The number of nitrogens with zero attached hydrogens (tertiary/aromatic N) is 2. The van der Waals surface area contributed by atoms with E-state index in [1.54, 1.807) is 10.5 Å². The molecule has 0 saturated heterocycles. The van der Waals surface area contributed by atoms with E-state index in [9.17, 15) is 4.79 Å². The Balaban J connectivity index is 1.77. The number of hydrogen-bond donors (Lipinski definition) is 1. The third-order valence-corrected chi connectivity index (χ3v) is 4.59. The highest BCUT2D eigenvalue weighted by molar-refractivity contribution is 5.44. The summed E-state index contributed by atoms with van der Waals surface area (Å²) in [5, 5.41) is 3.44. The second kappa shape index (κ2) is 8.89. The molecule has 0 aliphatic carbocycles. The van der Waals surface area contributed by atoms with Crippen LogP contribution in [-0.4, -0.2) is 22.6 Å². The van der Waals surface area contributed by atoms with Crippen LogP contribution in [0.15, 0.2) is 47.3 Å². The molecule has 1 atom stereocenters.